The summed E-state index contributed by atoms with van der Waals surface area (Å²) >= 11 is 1.72. The van der Waals surface area contributed by atoms with Gasteiger partial charge in [0.05, 0.1) is 10.8 Å². The van der Waals surface area contributed by atoms with E-state index < -0.39 is 0 Å². The Morgan fingerprint density at radius 2 is 2.00 bits per heavy atom. The number of thioether (sulfide) groups is 1. The molecule has 4 fully saturated rings. The zero-order valence-electron chi connectivity index (χ0n) is 16.7. The van der Waals surface area contributed by atoms with Gasteiger partial charge in [-0.05, 0) is 82.2 Å². The minimum Gasteiger partial charge on any atom is -0.304 e. The van der Waals surface area contributed by atoms with Crippen LogP contribution in [0.3, 0.4) is 0 Å². The molecule has 0 aromatic rings. The van der Waals surface area contributed by atoms with Gasteiger partial charge in [0.2, 0.25) is 5.91 Å². The number of fused-ring (bicyclic) bond motifs is 2. The second-order valence-electron chi connectivity index (χ2n) is 9.81. The van der Waals surface area contributed by atoms with Crippen LogP contribution < -0.4 is 5.32 Å². The van der Waals surface area contributed by atoms with Crippen LogP contribution in [0.1, 0.15) is 65.7 Å². The lowest BCUT2D eigenvalue weighted by Gasteiger charge is -2.35. The largest absolute Gasteiger partial charge is 0.304 e. The third-order valence-electron chi connectivity index (χ3n) is 7.02. The summed E-state index contributed by atoms with van der Waals surface area (Å²) in [5, 5.41) is 4.03. The molecule has 2 unspecified atom stereocenters. The topological polar surface area (TPSA) is 44.7 Å². The van der Waals surface area contributed by atoms with Crippen LogP contribution in [0.25, 0.3) is 0 Å². The standard InChI is InChI=1S/C21H35N3OS/c1-14(2)13-24-8-6-15(7-9-24)12-21(3)19(25)23-20(26-21)22-18-11-16-4-5-17(18)10-16/h14-18H,4-13H2,1-3H3,(H,22,23,25)/t16-,17?,18+,21?/m1/s1. The summed E-state index contributed by atoms with van der Waals surface area (Å²) < 4.78 is -0.318. The average Bonchev–Trinajstić information content (AvgIpc) is 3.25. The van der Waals surface area contributed by atoms with Crippen molar-refractivity contribution in [1.29, 1.82) is 0 Å². The van der Waals surface area contributed by atoms with Gasteiger partial charge in [0, 0.05) is 6.54 Å². The number of amides is 1. The maximum atomic E-state index is 12.7. The van der Waals surface area contributed by atoms with Crippen LogP contribution in [0.15, 0.2) is 4.99 Å². The monoisotopic (exact) mass is 377 g/mol. The number of amidine groups is 1. The highest BCUT2D eigenvalue weighted by Crippen LogP contribution is 2.47. The van der Waals surface area contributed by atoms with Crippen molar-refractivity contribution in [2.75, 3.05) is 19.6 Å². The summed E-state index contributed by atoms with van der Waals surface area (Å²) in [6, 6.07) is 0.471. The SMILES string of the molecule is CC(C)CN1CCC(CC2(C)SC(=N[C@H]3C[C@@H]4CCC3C4)NC2=O)CC1. The van der Waals surface area contributed by atoms with Crippen molar-refractivity contribution < 1.29 is 4.79 Å². The molecule has 2 saturated carbocycles. The van der Waals surface area contributed by atoms with Crippen LogP contribution in [0.2, 0.25) is 0 Å². The first-order valence-electron chi connectivity index (χ1n) is 10.7. The molecule has 5 heteroatoms. The van der Waals surface area contributed by atoms with Crippen LogP contribution >= 0.6 is 11.8 Å². The summed E-state index contributed by atoms with van der Waals surface area (Å²) in [6.45, 7) is 10.3. The van der Waals surface area contributed by atoms with Gasteiger partial charge in [-0.2, -0.15) is 0 Å². The van der Waals surface area contributed by atoms with Crippen molar-refractivity contribution in [3.8, 4) is 0 Å². The molecule has 146 valence electrons. The van der Waals surface area contributed by atoms with Gasteiger partial charge in [-0.25, -0.2) is 0 Å². The molecule has 1 amide bonds. The molecule has 2 saturated heterocycles. The van der Waals surface area contributed by atoms with Gasteiger partial charge in [0.15, 0.2) is 5.17 Å². The third-order valence-corrected chi connectivity index (χ3v) is 8.22. The maximum absolute atomic E-state index is 12.7. The summed E-state index contributed by atoms with van der Waals surface area (Å²) in [5.41, 5.74) is 0. The number of carbonyl (C=O) groups is 1. The van der Waals surface area contributed by atoms with E-state index in [4.69, 9.17) is 4.99 Å². The molecule has 4 nitrogen and oxygen atoms in total. The Balaban J connectivity index is 1.31. The lowest BCUT2D eigenvalue weighted by Crippen LogP contribution is -2.40. The van der Waals surface area contributed by atoms with Crippen LogP contribution in [0.5, 0.6) is 0 Å². The molecule has 1 N–H and O–H groups in total. The predicted molar refractivity (Wildman–Crippen MR) is 109 cm³/mol. The molecule has 4 rings (SSSR count). The van der Waals surface area contributed by atoms with Gasteiger partial charge in [0.1, 0.15) is 0 Å². The van der Waals surface area contributed by atoms with E-state index in [9.17, 15) is 4.79 Å². The van der Waals surface area contributed by atoms with E-state index in [-0.39, 0.29) is 10.7 Å². The highest BCUT2D eigenvalue weighted by molar-refractivity contribution is 8.16. The van der Waals surface area contributed by atoms with Crippen LogP contribution in [-0.2, 0) is 4.79 Å². The first-order valence-corrected chi connectivity index (χ1v) is 11.5. The minimum absolute atomic E-state index is 0.189. The van der Waals surface area contributed by atoms with E-state index in [2.05, 4.69) is 31.0 Å². The lowest BCUT2D eigenvalue weighted by atomic mass is 9.87. The van der Waals surface area contributed by atoms with Crippen molar-refractivity contribution in [3.63, 3.8) is 0 Å². The summed E-state index contributed by atoms with van der Waals surface area (Å²) in [4.78, 5) is 20.3. The van der Waals surface area contributed by atoms with Gasteiger partial charge < -0.3 is 10.2 Å². The number of hydrogen-bond donors (Lipinski definition) is 1. The average molecular weight is 378 g/mol. The molecule has 2 bridgehead atoms. The number of hydrogen-bond acceptors (Lipinski definition) is 4. The third kappa shape index (κ3) is 3.99. The van der Waals surface area contributed by atoms with E-state index in [1.807, 2.05) is 0 Å². The Kier molecular flexibility index (Phi) is 5.39. The molecule has 26 heavy (non-hydrogen) atoms. The van der Waals surface area contributed by atoms with E-state index in [1.54, 1.807) is 11.8 Å². The number of aliphatic imine (C=N–C) groups is 1. The van der Waals surface area contributed by atoms with Crippen molar-refractivity contribution in [2.45, 2.75) is 76.5 Å². The normalized spacial score (nSPS) is 40.1. The molecule has 4 aliphatic rings. The van der Waals surface area contributed by atoms with E-state index in [1.165, 1.54) is 58.2 Å². The maximum Gasteiger partial charge on any atom is 0.242 e. The highest BCUT2D eigenvalue weighted by Gasteiger charge is 2.46. The first kappa shape index (κ1) is 18.8. The fourth-order valence-corrected chi connectivity index (χ4v) is 6.89. The number of nitrogens with zero attached hydrogens (tertiary/aromatic N) is 2. The molecule has 2 heterocycles. The minimum atomic E-state index is -0.318. The Bertz CT molecular complexity index is 570. The van der Waals surface area contributed by atoms with Crippen LogP contribution in [0.4, 0.5) is 0 Å². The molecule has 0 radical (unpaired) electrons. The van der Waals surface area contributed by atoms with Crippen molar-refractivity contribution in [2.24, 2.45) is 28.7 Å². The van der Waals surface area contributed by atoms with E-state index in [0.29, 0.717) is 12.0 Å². The fourth-order valence-electron chi connectivity index (χ4n) is 5.67. The molecular formula is C21H35N3OS. The smallest absolute Gasteiger partial charge is 0.242 e. The van der Waals surface area contributed by atoms with Crippen molar-refractivity contribution >= 4 is 22.8 Å². The number of nitrogens with one attached hydrogen (secondary N) is 1. The summed E-state index contributed by atoms with van der Waals surface area (Å²) in [6.07, 6.45) is 8.82. The molecule has 0 aromatic heterocycles. The number of carbonyl (C=O) groups excluding carboxylic acids is 1. The molecule has 4 atom stereocenters. The molecule has 2 aliphatic heterocycles. The van der Waals surface area contributed by atoms with Crippen molar-refractivity contribution in [1.82, 2.24) is 10.2 Å². The fraction of sp³-hybridized carbons (Fsp3) is 0.905. The van der Waals surface area contributed by atoms with Gasteiger partial charge in [-0.3, -0.25) is 9.79 Å². The molecule has 2 aliphatic carbocycles. The zero-order chi connectivity index (χ0) is 18.3. The number of rotatable bonds is 5. The van der Waals surface area contributed by atoms with Crippen molar-refractivity contribution in [3.05, 3.63) is 0 Å². The number of likely N-dealkylation sites (tertiary alicyclic amines) is 1. The second-order valence-corrected chi connectivity index (χ2v) is 11.3. The quantitative estimate of drug-likeness (QED) is 0.790. The zero-order valence-corrected chi connectivity index (χ0v) is 17.5. The van der Waals surface area contributed by atoms with E-state index >= 15 is 0 Å². The molecule has 0 spiro atoms. The predicted octanol–water partition coefficient (Wildman–Crippen LogP) is 3.91. The Hall–Kier alpha value is -0.550. The first-order chi connectivity index (χ1) is 12.4. The Labute approximate surface area is 163 Å². The Morgan fingerprint density at radius 3 is 2.62 bits per heavy atom. The number of piperidine rings is 1. The molecular weight excluding hydrogens is 342 g/mol. The Morgan fingerprint density at radius 1 is 1.23 bits per heavy atom. The molecule has 0 aromatic carbocycles. The second kappa shape index (κ2) is 7.46. The van der Waals surface area contributed by atoms with Gasteiger partial charge in [0.25, 0.3) is 0 Å². The van der Waals surface area contributed by atoms with Gasteiger partial charge >= 0.3 is 0 Å². The van der Waals surface area contributed by atoms with Crippen LogP contribution in [-0.4, -0.2) is 46.4 Å². The van der Waals surface area contributed by atoms with Gasteiger partial charge in [-0.1, -0.05) is 32.0 Å². The summed E-state index contributed by atoms with van der Waals surface area (Å²) in [5.74, 6) is 3.28. The summed E-state index contributed by atoms with van der Waals surface area (Å²) in [7, 11) is 0. The van der Waals surface area contributed by atoms with Crippen LogP contribution in [0, 0.1) is 23.7 Å². The highest BCUT2D eigenvalue weighted by atomic mass is 32.2. The lowest BCUT2D eigenvalue weighted by molar-refractivity contribution is -0.121. The van der Waals surface area contributed by atoms with Gasteiger partial charge in [-0.15, -0.1) is 0 Å². The van der Waals surface area contributed by atoms with E-state index in [0.717, 1.165) is 29.3 Å².